The van der Waals surface area contributed by atoms with Crippen LogP contribution in [0.2, 0.25) is 0 Å². The summed E-state index contributed by atoms with van der Waals surface area (Å²) in [6.45, 7) is 3.86. The Hall–Kier alpha value is -3.78. The Morgan fingerprint density at radius 1 is 1.24 bits per heavy atom. The summed E-state index contributed by atoms with van der Waals surface area (Å²) in [4.78, 5) is 21.8. The number of hydrogen-bond donors (Lipinski definition) is 2. The second-order valence-corrected chi connectivity index (χ2v) is 8.34. The molecule has 0 saturated carbocycles. The molecular formula is C26H30N6O2. The van der Waals surface area contributed by atoms with Crippen molar-refractivity contribution in [1.82, 2.24) is 20.3 Å². The van der Waals surface area contributed by atoms with Crippen LogP contribution >= 0.6 is 0 Å². The Balaban J connectivity index is 1.53. The third-order valence-corrected chi connectivity index (χ3v) is 5.84. The number of hydrazone groups is 1. The number of ether oxygens (including phenoxy) is 1. The molecule has 1 aromatic heterocycles. The minimum Gasteiger partial charge on any atom is -0.382 e. The molecule has 4 rings (SSSR count). The molecule has 1 saturated heterocycles. The molecule has 176 valence electrons. The van der Waals surface area contributed by atoms with Gasteiger partial charge in [0.15, 0.2) is 5.82 Å². The van der Waals surface area contributed by atoms with E-state index in [0.717, 1.165) is 30.5 Å². The molecule has 3 N–H and O–H groups in total. The minimum atomic E-state index is -0.148. The molecule has 0 spiro atoms. The van der Waals surface area contributed by atoms with Crippen LogP contribution in [0, 0.1) is 0 Å². The first-order valence-corrected chi connectivity index (χ1v) is 11.4. The van der Waals surface area contributed by atoms with Crippen molar-refractivity contribution in [2.45, 2.75) is 32.4 Å². The van der Waals surface area contributed by atoms with E-state index in [4.69, 9.17) is 20.6 Å². The maximum Gasteiger partial charge on any atom is 0.251 e. The van der Waals surface area contributed by atoms with Crippen LogP contribution in [-0.2, 0) is 11.3 Å². The molecule has 2 heterocycles. The van der Waals surface area contributed by atoms with Gasteiger partial charge in [-0.15, -0.1) is 0 Å². The van der Waals surface area contributed by atoms with E-state index in [9.17, 15) is 4.79 Å². The number of benzene rings is 2. The van der Waals surface area contributed by atoms with E-state index in [1.165, 1.54) is 0 Å². The second kappa shape index (κ2) is 10.9. The highest BCUT2D eigenvalue weighted by Crippen LogP contribution is 2.22. The lowest BCUT2D eigenvalue weighted by molar-refractivity contribution is 0.0951. The number of carbonyl (C=O) groups is 1. The molecular weight excluding hydrogens is 428 g/mol. The first-order valence-electron chi connectivity index (χ1n) is 11.4. The van der Waals surface area contributed by atoms with Gasteiger partial charge >= 0.3 is 0 Å². The summed E-state index contributed by atoms with van der Waals surface area (Å²) in [7, 11) is 1.70. The molecule has 8 nitrogen and oxygen atoms in total. The van der Waals surface area contributed by atoms with Crippen LogP contribution in [0.1, 0.15) is 41.4 Å². The SMILES string of the molecule is COC[C@H]1CCCN1/N=C(\C)c1nc(-c2cccc(C(=O)NCc3ccccc3)c2)cnc1N. The van der Waals surface area contributed by atoms with E-state index < -0.39 is 0 Å². The lowest BCUT2D eigenvalue weighted by Crippen LogP contribution is -2.29. The summed E-state index contributed by atoms with van der Waals surface area (Å²) in [5.74, 6) is 0.175. The third-order valence-electron chi connectivity index (χ3n) is 5.84. The van der Waals surface area contributed by atoms with Gasteiger partial charge in [-0.2, -0.15) is 5.10 Å². The second-order valence-electron chi connectivity index (χ2n) is 8.34. The molecule has 1 aliphatic heterocycles. The molecule has 1 fully saturated rings. The van der Waals surface area contributed by atoms with Crippen LogP contribution in [0.3, 0.4) is 0 Å². The highest BCUT2D eigenvalue weighted by molar-refractivity contribution is 6.01. The molecule has 2 aromatic carbocycles. The normalized spacial score (nSPS) is 16.0. The van der Waals surface area contributed by atoms with Gasteiger partial charge in [0.25, 0.3) is 5.91 Å². The van der Waals surface area contributed by atoms with Gasteiger partial charge in [-0.25, -0.2) is 9.97 Å². The third kappa shape index (κ3) is 5.58. The molecule has 0 radical (unpaired) electrons. The first kappa shape index (κ1) is 23.4. The molecule has 1 aliphatic rings. The number of nitrogens with zero attached hydrogens (tertiary/aromatic N) is 4. The number of anilines is 1. The fourth-order valence-corrected chi connectivity index (χ4v) is 4.06. The van der Waals surface area contributed by atoms with Gasteiger partial charge in [0, 0.05) is 31.3 Å². The smallest absolute Gasteiger partial charge is 0.251 e. The Morgan fingerprint density at radius 2 is 2.06 bits per heavy atom. The number of amides is 1. The zero-order chi connectivity index (χ0) is 23.9. The highest BCUT2D eigenvalue weighted by Gasteiger charge is 2.24. The van der Waals surface area contributed by atoms with E-state index >= 15 is 0 Å². The maximum absolute atomic E-state index is 12.7. The van der Waals surface area contributed by atoms with Crippen molar-refractivity contribution < 1.29 is 9.53 Å². The van der Waals surface area contributed by atoms with E-state index in [-0.39, 0.29) is 11.9 Å². The number of nitrogen functional groups attached to an aromatic ring is 1. The van der Waals surface area contributed by atoms with Gasteiger partial charge in [0.05, 0.1) is 30.3 Å². The molecule has 0 unspecified atom stereocenters. The maximum atomic E-state index is 12.7. The monoisotopic (exact) mass is 458 g/mol. The minimum absolute atomic E-state index is 0.148. The summed E-state index contributed by atoms with van der Waals surface area (Å²) in [5.41, 5.74) is 10.4. The van der Waals surface area contributed by atoms with Crippen molar-refractivity contribution in [3.05, 3.63) is 77.6 Å². The average molecular weight is 459 g/mol. The predicted molar refractivity (Wildman–Crippen MR) is 133 cm³/mol. The Labute approximate surface area is 199 Å². The fourth-order valence-electron chi connectivity index (χ4n) is 4.06. The van der Waals surface area contributed by atoms with Gasteiger partial charge in [-0.3, -0.25) is 9.80 Å². The fraction of sp³-hybridized carbons (Fsp3) is 0.308. The molecule has 0 bridgehead atoms. The van der Waals surface area contributed by atoms with Gasteiger partial charge in [0.2, 0.25) is 0 Å². The molecule has 34 heavy (non-hydrogen) atoms. The number of aromatic nitrogens is 2. The molecule has 8 heteroatoms. The van der Waals surface area contributed by atoms with Gasteiger partial charge in [-0.05, 0) is 37.5 Å². The van der Waals surface area contributed by atoms with E-state index in [1.54, 1.807) is 19.4 Å². The lowest BCUT2D eigenvalue weighted by Gasteiger charge is -2.21. The predicted octanol–water partition coefficient (Wildman–Crippen LogP) is 3.49. The zero-order valence-corrected chi connectivity index (χ0v) is 19.6. The number of hydrogen-bond acceptors (Lipinski definition) is 7. The standard InChI is InChI=1S/C26H30N6O2/c1-18(31-32-13-7-12-22(32)17-34-2)24-25(27)28-16-23(30-24)20-10-6-11-21(14-20)26(33)29-15-19-8-4-3-5-9-19/h3-6,8-11,14,16,22H,7,12-13,15,17H2,1-2H3,(H2,27,28)(H,29,33)/b31-18+/t22-/m1/s1. The molecule has 0 aliphatic carbocycles. The largest absolute Gasteiger partial charge is 0.382 e. The summed E-state index contributed by atoms with van der Waals surface area (Å²) in [5, 5.41) is 9.77. The Kier molecular flexibility index (Phi) is 7.49. The number of methoxy groups -OCH3 is 1. The van der Waals surface area contributed by atoms with Crippen LogP contribution in [0.5, 0.6) is 0 Å². The van der Waals surface area contributed by atoms with Gasteiger partial charge in [0.1, 0.15) is 5.69 Å². The lowest BCUT2D eigenvalue weighted by atomic mass is 10.1. The first-order chi connectivity index (χ1) is 16.5. The van der Waals surface area contributed by atoms with E-state index in [0.29, 0.717) is 41.6 Å². The van der Waals surface area contributed by atoms with Crippen molar-refractivity contribution in [2.75, 3.05) is 26.0 Å². The highest BCUT2D eigenvalue weighted by atomic mass is 16.5. The summed E-state index contributed by atoms with van der Waals surface area (Å²) in [6.07, 6.45) is 3.74. The summed E-state index contributed by atoms with van der Waals surface area (Å²) < 4.78 is 5.32. The Bertz CT molecular complexity index is 1160. The molecule has 1 amide bonds. The summed E-state index contributed by atoms with van der Waals surface area (Å²) in [6, 6.07) is 17.4. The quantitative estimate of drug-likeness (QED) is 0.501. The zero-order valence-electron chi connectivity index (χ0n) is 19.6. The average Bonchev–Trinajstić information content (AvgIpc) is 3.30. The Morgan fingerprint density at radius 3 is 2.85 bits per heavy atom. The van der Waals surface area contributed by atoms with Crippen molar-refractivity contribution in [3.63, 3.8) is 0 Å². The summed E-state index contributed by atoms with van der Waals surface area (Å²) >= 11 is 0. The molecule has 1 atom stereocenters. The number of nitrogens with two attached hydrogens (primary N) is 1. The van der Waals surface area contributed by atoms with Gasteiger partial charge < -0.3 is 15.8 Å². The molecule has 3 aromatic rings. The van der Waals surface area contributed by atoms with E-state index in [1.807, 2.05) is 60.5 Å². The topological polar surface area (TPSA) is 106 Å². The van der Waals surface area contributed by atoms with E-state index in [2.05, 4.69) is 10.3 Å². The van der Waals surface area contributed by atoms with Crippen molar-refractivity contribution in [1.29, 1.82) is 0 Å². The number of rotatable bonds is 8. The van der Waals surface area contributed by atoms with Crippen molar-refractivity contribution >= 4 is 17.4 Å². The van der Waals surface area contributed by atoms with Gasteiger partial charge in [-0.1, -0.05) is 42.5 Å². The van der Waals surface area contributed by atoms with Crippen LogP contribution in [-0.4, -0.2) is 52.9 Å². The van der Waals surface area contributed by atoms with Crippen molar-refractivity contribution in [3.8, 4) is 11.3 Å². The van der Waals surface area contributed by atoms with Crippen LogP contribution in [0.4, 0.5) is 5.82 Å². The van der Waals surface area contributed by atoms with Crippen LogP contribution in [0.25, 0.3) is 11.3 Å². The number of carbonyl (C=O) groups excluding carboxylic acids is 1. The van der Waals surface area contributed by atoms with Crippen LogP contribution in [0.15, 0.2) is 65.9 Å². The van der Waals surface area contributed by atoms with Crippen LogP contribution < -0.4 is 11.1 Å². The van der Waals surface area contributed by atoms with Crippen molar-refractivity contribution in [2.24, 2.45) is 5.10 Å². The number of nitrogens with one attached hydrogen (secondary N) is 1.